The molecule has 0 spiro atoms. The molecule has 1 aliphatic rings. The van der Waals surface area contributed by atoms with Crippen molar-refractivity contribution in [3.8, 4) is 0 Å². The number of hydrogen-bond donors (Lipinski definition) is 0. The number of hydrogen-bond acceptors (Lipinski definition) is 0. The molecule has 6 heavy (non-hydrogen) atoms. The van der Waals surface area contributed by atoms with Crippen molar-refractivity contribution in [2.45, 2.75) is 25.7 Å². The Balaban J connectivity index is 0. The maximum absolute atomic E-state index is 1.50. The van der Waals surface area contributed by atoms with Gasteiger partial charge < -0.3 is 0 Å². The molecule has 0 unspecified atom stereocenters. The molecule has 0 saturated heterocycles. The third-order valence-electron chi connectivity index (χ3n) is 1.000. The molecule has 1 fully saturated rings. The molecule has 0 aromatic carbocycles. The number of rotatable bonds is 0. The summed E-state index contributed by atoms with van der Waals surface area (Å²) >= 11 is 0. The first-order chi connectivity index (χ1) is 2.00. The fraction of sp³-hybridized carbons (Fsp3) is 1.00. The summed E-state index contributed by atoms with van der Waals surface area (Å²) in [5, 5.41) is 0. The minimum atomic E-state index is 0. The molecule has 0 nitrogen and oxygen atoms in total. The summed E-state index contributed by atoms with van der Waals surface area (Å²) in [5.74, 6) is 0. The van der Waals surface area contributed by atoms with Crippen LogP contribution in [0.1, 0.15) is 25.7 Å². The molecule has 0 aromatic heterocycles. The molecule has 1 rings (SSSR count). The quantitative estimate of drug-likeness (QED) is 0.413. The van der Waals surface area contributed by atoms with Gasteiger partial charge in [-0.15, -0.1) is 0 Å². The zero-order chi connectivity index (χ0) is 2.83. The predicted molar refractivity (Wildman–Crippen MR) is 18.5 cm³/mol. The smallest absolute Gasteiger partial charge is 0 e. The zero-order valence-corrected chi connectivity index (χ0v) is 7.81. The van der Waals surface area contributed by atoms with Crippen LogP contribution in [0.5, 0.6) is 0 Å². The molecule has 0 N–H and O–H groups in total. The zero-order valence-electron chi connectivity index (χ0n) is 3.36. The molecular weight excluding hydrogens is 566 g/mol. The van der Waals surface area contributed by atoms with Crippen molar-refractivity contribution in [2.24, 2.45) is 0 Å². The van der Waals surface area contributed by atoms with E-state index < -0.39 is 0 Å². The van der Waals surface area contributed by atoms with E-state index in [1.807, 2.05) is 0 Å². The third kappa shape index (κ3) is 0.500. The van der Waals surface area contributed by atoms with Crippen molar-refractivity contribution in [3.05, 3.63) is 0 Å². The Morgan fingerprint density at radius 3 is 0.667 bits per heavy atom. The fourth-order valence-corrected chi connectivity index (χ4v) is 0.250. The second-order valence-corrected chi connectivity index (χ2v) is 1.41. The largest absolute Gasteiger partial charge is 0.0533 e. The van der Waals surface area contributed by atoms with Gasteiger partial charge in [0.05, 0.1) is 0 Å². The standard InChI is InChI=1S/C4H8.2No/c1-2-4-3-1;;/h1-4H2;;. The van der Waals surface area contributed by atoms with Gasteiger partial charge in [0.25, 0.3) is 0 Å². The van der Waals surface area contributed by atoms with Crippen LogP contribution in [-0.2, 0) is 0 Å². The summed E-state index contributed by atoms with van der Waals surface area (Å²) in [5.41, 5.74) is 0. The van der Waals surface area contributed by atoms with E-state index in [1.54, 1.807) is 0 Å². The summed E-state index contributed by atoms with van der Waals surface area (Å²) in [7, 11) is 0. The van der Waals surface area contributed by atoms with E-state index in [0.717, 1.165) is 0 Å². The third-order valence-corrected chi connectivity index (χ3v) is 1.000. The van der Waals surface area contributed by atoms with Crippen LogP contribution in [0.2, 0.25) is 0 Å². The first kappa shape index (κ1) is 9.00. The van der Waals surface area contributed by atoms with Gasteiger partial charge in [-0.1, -0.05) is 25.7 Å². The molecule has 1 aliphatic carbocycles. The van der Waals surface area contributed by atoms with Crippen molar-refractivity contribution in [2.75, 3.05) is 0 Å². The fourth-order valence-electron chi connectivity index (χ4n) is 0.250. The Hall–Kier alpha value is -2.00. The van der Waals surface area contributed by atoms with Gasteiger partial charge in [0, 0.05) is 0 Å². The van der Waals surface area contributed by atoms with Gasteiger partial charge >= 0.3 is 0 Å². The summed E-state index contributed by atoms with van der Waals surface area (Å²) < 4.78 is 0. The molecule has 1 saturated carbocycles. The topological polar surface area (TPSA) is 0 Å². The van der Waals surface area contributed by atoms with Gasteiger partial charge in [-0.25, -0.2) is 0 Å². The van der Waals surface area contributed by atoms with Crippen LogP contribution in [0.3, 0.4) is 0 Å². The first-order valence-corrected chi connectivity index (χ1v) is 2.00. The van der Waals surface area contributed by atoms with E-state index >= 15 is 0 Å². The van der Waals surface area contributed by atoms with Gasteiger partial charge in [0.2, 0.25) is 0 Å². The van der Waals surface area contributed by atoms with Gasteiger partial charge in [0.15, 0.2) is 0 Å². The summed E-state index contributed by atoms with van der Waals surface area (Å²) in [6.45, 7) is 0. The molecule has 52 valence electrons. The molecule has 0 amide bonds. The normalized spacial score (nSPS) is 16.0. The van der Waals surface area contributed by atoms with Crippen molar-refractivity contribution in [1.29, 1.82) is 0 Å². The molecule has 0 radical (unpaired) electrons. The van der Waals surface area contributed by atoms with Crippen molar-refractivity contribution in [1.82, 2.24) is 0 Å². The Bertz CT molecular complexity index is 13.5. The van der Waals surface area contributed by atoms with Crippen molar-refractivity contribution >= 4 is 0 Å². The van der Waals surface area contributed by atoms with E-state index in [-0.39, 0.29) is 0 Å². The van der Waals surface area contributed by atoms with Gasteiger partial charge in [-0.2, -0.15) is 0 Å². The van der Waals surface area contributed by atoms with Crippen LogP contribution in [0, 0.1) is 0 Å². The predicted octanol–water partition coefficient (Wildman–Crippen LogP) is 1.56. The van der Waals surface area contributed by atoms with Gasteiger partial charge in [-0.3, -0.25) is 0 Å². The first-order valence-electron chi connectivity index (χ1n) is 2.00. The van der Waals surface area contributed by atoms with E-state index in [0.29, 0.717) is 0 Å². The monoisotopic (exact) mass is 574 g/mol. The maximum atomic E-state index is 1.50. The van der Waals surface area contributed by atoms with Crippen LogP contribution >= 0.6 is 0 Å². The Morgan fingerprint density at radius 1 is 0.500 bits per heavy atom. The maximum Gasteiger partial charge on any atom is 0 e. The molecule has 2 heteroatoms. The second kappa shape index (κ2) is 3.00. The average Bonchev–Trinajstić information content (AvgIpc) is 0.722. The van der Waals surface area contributed by atoms with Crippen LogP contribution < -0.4 is 0 Å². The molecule has 0 heterocycles. The van der Waals surface area contributed by atoms with Gasteiger partial charge in [0.1, 0.15) is 0 Å². The molecule has 0 aliphatic heterocycles. The van der Waals surface area contributed by atoms with Crippen LogP contribution in [0.4, 0.5) is 0 Å². The Labute approximate surface area is 26.8 Å². The molecule has 0 atom stereocenters. The van der Waals surface area contributed by atoms with Crippen LogP contribution in [-0.4, -0.2) is 0 Å². The molecular formula is C4H8No2. The van der Waals surface area contributed by atoms with E-state index in [4.69, 9.17) is 0 Å². The minimum Gasteiger partial charge on any atom is -0.0533 e. The van der Waals surface area contributed by atoms with Crippen molar-refractivity contribution < 1.29 is 0 Å². The summed E-state index contributed by atoms with van der Waals surface area (Å²) in [6.07, 6.45) is 6.00. The SMILES string of the molecule is C1CCC1.[No].[No]. The Kier molecular flexibility index (Phi) is 4.50. The van der Waals surface area contributed by atoms with Crippen LogP contribution in [0.25, 0.3) is 0 Å². The minimum absolute atomic E-state index is 0. The van der Waals surface area contributed by atoms with E-state index in [1.165, 1.54) is 25.7 Å². The van der Waals surface area contributed by atoms with Gasteiger partial charge in [-0.05, 0) is 0 Å². The average molecular weight is 574 g/mol. The molecule has 0 aromatic rings. The van der Waals surface area contributed by atoms with Crippen molar-refractivity contribution in [3.63, 3.8) is 0 Å². The van der Waals surface area contributed by atoms with Crippen LogP contribution in [0.15, 0.2) is 0 Å². The van der Waals surface area contributed by atoms with E-state index in [9.17, 15) is 0 Å². The summed E-state index contributed by atoms with van der Waals surface area (Å²) in [6, 6.07) is 0. The summed E-state index contributed by atoms with van der Waals surface area (Å²) in [4.78, 5) is 0. The van der Waals surface area contributed by atoms with E-state index in [2.05, 4.69) is 0 Å². The molecule has 0 bridgehead atoms. The second-order valence-electron chi connectivity index (χ2n) is 1.41. The Morgan fingerprint density at radius 2 is 0.667 bits per heavy atom.